The highest BCUT2D eigenvalue weighted by molar-refractivity contribution is 5.97. The molecule has 1 aromatic carbocycles. The fourth-order valence-electron chi connectivity index (χ4n) is 3.95. The van der Waals surface area contributed by atoms with Gasteiger partial charge in [-0.15, -0.1) is 0 Å². The summed E-state index contributed by atoms with van der Waals surface area (Å²) < 4.78 is 7.36. The van der Waals surface area contributed by atoms with Crippen LogP contribution in [0.5, 0.6) is 5.75 Å². The number of carbonyl (C=O) groups excluding carboxylic acids is 1. The minimum absolute atomic E-state index is 0.0134. The molecule has 1 unspecified atom stereocenters. The first-order valence-electron chi connectivity index (χ1n) is 9.97. The number of likely N-dealkylation sites (tertiary alicyclic amines) is 1. The van der Waals surface area contributed by atoms with E-state index in [0.717, 1.165) is 36.2 Å². The van der Waals surface area contributed by atoms with Gasteiger partial charge in [0.25, 0.3) is 5.91 Å². The smallest absolute Gasteiger partial charge is 0.257 e. The SMILES string of the molecule is COc1ccccc1C(=O)N1CCC(c2nn(CCN(C)C)c3ncccc23)C1. The Morgan fingerprint density at radius 1 is 1.24 bits per heavy atom. The summed E-state index contributed by atoms with van der Waals surface area (Å²) >= 11 is 0. The molecule has 0 spiro atoms. The first-order valence-corrected chi connectivity index (χ1v) is 9.97. The van der Waals surface area contributed by atoms with Crippen molar-refractivity contribution in [2.24, 2.45) is 0 Å². The fourth-order valence-corrected chi connectivity index (χ4v) is 3.95. The quantitative estimate of drug-likeness (QED) is 0.644. The van der Waals surface area contributed by atoms with Crippen LogP contribution in [0.4, 0.5) is 0 Å². The number of pyridine rings is 1. The van der Waals surface area contributed by atoms with Crippen molar-refractivity contribution in [2.45, 2.75) is 18.9 Å². The summed E-state index contributed by atoms with van der Waals surface area (Å²) in [6.45, 7) is 3.06. The standard InChI is InChI=1S/C22H27N5O2/c1-25(2)13-14-27-21-18(8-6-11-23-21)20(24-27)16-10-12-26(15-16)22(28)17-7-4-5-9-19(17)29-3/h4-9,11,16H,10,12-15H2,1-3H3. The van der Waals surface area contributed by atoms with Crippen LogP contribution in [-0.4, -0.2) is 71.3 Å². The van der Waals surface area contributed by atoms with E-state index in [9.17, 15) is 4.79 Å². The number of benzene rings is 1. The molecule has 1 aliphatic rings. The van der Waals surface area contributed by atoms with Gasteiger partial charge in [0.1, 0.15) is 5.75 Å². The third kappa shape index (κ3) is 3.82. The Morgan fingerprint density at radius 2 is 2.07 bits per heavy atom. The lowest BCUT2D eigenvalue weighted by Gasteiger charge is -2.18. The molecule has 7 heteroatoms. The molecule has 4 rings (SSSR count). The molecular weight excluding hydrogens is 366 g/mol. The molecule has 3 aromatic rings. The van der Waals surface area contributed by atoms with Gasteiger partial charge in [0.15, 0.2) is 5.65 Å². The van der Waals surface area contributed by atoms with Crippen LogP contribution in [-0.2, 0) is 6.54 Å². The number of ether oxygens (including phenoxy) is 1. The zero-order valence-electron chi connectivity index (χ0n) is 17.2. The molecule has 1 amide bonds. The van der Waals surface area contributed by atoms with Gasteiger partial charge < -0.3 is 14.5 Å². The van der Waals surface area contributed by atoms with Crippen molar-refractivity contribution in [3.05, 3.63) is 53.9 Å². The number of methoxy groups -OCH3 is 1. The molecule has 0 N–H and O–H groups in total. The van der Waals surface area contributed by atoms with Crippen molar-refractivity contribution in [1.29, 1.82) is 0 Å². The van der Waals surface area contributed by atoms with E-state index in [4.69, 9.17) is 9.84 Å². The Balaban J connectivity index is 1.58. The second-order valence-electron chi connectivity index (χ2n) is 7.72. The molecule has 29 heavy (non-hydrogen) atoms. The van der Waals surface area contributed by atoms with Crippen LogP contribution in [0, 0.1) is 0 Å². The fraction of sp³-hybridized carbons (Fsp3) is 0.409. The second kappa shape index (κ2) is 8.21. The maximum atomic E-state index is 13.1. The largest absolute Gasteiger partial charge is 0.496 e. The lowest BCUT2D eigenvalue weighted by atomic mass is 10.0. The van der Waals surface area contributed by atoms with E-state index in [1.165, 1.54) is 0 Å². The van der Waals surface area contributed by atoms with Gasteiger partial charge in [0.05, 0.1) is 24.9 Å². The molecule has 1 fully saturated rings. The van der Waals surface area contributed by atoms with Crippen molar-refractivity contribution in [1.82, 2.24) is 24.6 Å². The number of likely N-dealkylation sites (N-methyl/N-ethyl adjacent to an activating group) is 1. The number of para-hydroxylation sites is 1. The molecule has 0 aliphatic carbocycles. The van der Waals surface area contributed by atoms with Crippen LogP contribution in [0.2, 0.25) is 0 Å². The number of hydrogen-bond acceptors (Lipinski definition) is 5. The Morgan fingerprint density at radius 3 is 2.86 bits per heavy atom. The topological polar surface area (TPSA) is 63.5 Å². The number of amides is 1. The molecule has 2 aromatic heterocycles. The van der Waals surface area contributed by atoms with Crippen molar-refractivity contribution in [2.75, 3.05) is 40.8 Å². The summed E-state index contributed by atoms with van der Waals surface area (Å²) in [6.07, 6.45) is 2.71. The summed E-state index contributed by atoms with van der Waals surface area (Å²) in [4.78, 5) is 21.7. The summed E-state index contributed by atoms with van der Waals surface area (Å²) in [5.74, 6) is 0.837. The van der Waals surface area contributed by atoms with Crippen molar-refractivity contribution < 1.29 is 9.53 Å². The number of nitrogens with zero attached hydrogens (tertiary/aromatic N) is 5. The average molecular weight is 393 g/mol. The summed E-state index contributed by atoms with van der Waals surface area (Å²) in [6, 6.07) is 11.4. The molecule has 7 nitrogen and oxygen atoms in total. The van der Waals surface area contributed by atoms with Gasteiger partial charge in [-0.05, 0) is 44.8 Å². The maximum absolute atomic E-state index is 13.1. The molecule has 1 aliphatic heterocycles. The van der Waals surface area contributed by atoms with E-state index in [1.807, 2.05) is 46.1 Å². The van der Waals surface area contributed by atoms with E-state index in [2.05, 4.69) is 30.0 Å². The molecule has 1 saturated heterocycles. The number of hydrogen-bond donors (Lipinski definition) is 0. The Kier molecular flexibility index (Phi) is 5.49. The van der Waals surface area contributed by atoms with Gasteiger partial charge in [-0.25, -0.2) is 9.67 Å². The second-order valence-corrected chi connectivity index (χ2v) is 7.72. The van der Waals surface area contributed by atoms with Gasteiger partial charge in [-0.2, -0.15) is 5.10 Å². The van der Waals surface area contributed by atoms with Crippen LogP contribution in [0.3, 0.4) is 0 Å². The van der Waals surface area contributed by atoms with Crippen LogP contribution in [0.15, 0.2) is 42.6 Å². The molecule has 152 valence electrons. The van der Waals surface area contributed by atoms with Gasteiger partial charge in [0.2, 0.25) is 0 Å². The molecule has 0 radical (unpaired) electrons. The average Bonchev–Trinajstić information content (AvgIpc) is 3.36. The monoisotopic (exact) mass is 393 g/mol. The molecule has 3 heterocycles. The van der Waals surface area contributed by atoms with Crippen molar-refractivity contribution in [3.63, 3.8) is 0 Å². The number of fused-ring (bicyclic) bond motifs is 1. The lowest BCUT2D eigenvalue weighted by Crippen LogP contribution is -2.28. The highest BCUT2D eigenvalue weighted by Crippen LogP contribution is 2.32. The molecule has 1 atom stereocenters. The number of carbonyl (C=O) groups is 1. The normalized spacial score (nSPS) is 16.7. The number of aromatic nitrogens is 3. The molecule has 0 bridgehead atoms. The van der Waals surface area contributed by atoms with Crippen LogP contribution in [0.25, 0.3) is 11.0 Å². The van der Waals surface area contributed by atoms with Gasteiger partial charge >= 0.3 is 0 Å². The first-order chi connectivity index (χ1) is 14.1. The highest BCUT2D eigenvalue weighted by Gasteiger charge is 2.32. The predicted octanol–water partition coefficient (Wildman–Crippen LogP) is 2.63. The number of rotatable bonds is 6. The Hall–Kier alpha value is -2.93. The van der Waals surface area contributed by atoms with E-state index < -0.39 is 0 Å². The summed E-state index contributed by atoms with van der Waals surface area (Å²) in [5, 5.41) is 5.99. The van der Waals surface area contributed by atoms with E-state index >= 15 is 0 Å². The summed E-state index contributed by atoms with van der Waals surface area (Å²) in [7, 11) is 5.70. The maximum Gasteiger partial charge on any atom is 0.257 e. The van der Waals surface area contributed by atoms with E-state index in [1.54, 1.807) is 7.11 Å². The third-order valence-corrected chi connectivity index (χ3v) is 5.49. The Bertz CT molecular complexity index is 1010. The van der Waals surface area contributed by atoms with Crippen molar-refractivity contribution >= 4 is 16.9 Å². The van der Waals surface area contributed by atoms with Crippen molar-refractivity contribution in [3.8, 4) is 5.75 Å². The highest BCUT2D eigenvalue weighted by atomic mass is 16.5. The first kappa shape index (κ1) is 19.4. The minimum Gasteiger partial charge on any atom is -0.496 e. The molecule has 0 saturated carbocycles. The van der Waals surface area contributed by atoms with E-state index in [-0.39, 0.29) is 11.8 Å². The summed E-state index contributed by atoms with van der Waals surface area (Å²) in [5.41, 5.74) is 2.57. The van der Waals surface area contributed by atoms with Gasteiger partial charge in [-0.1, -0.05) is 12.1 Å². The third-order valence-electron chi connectivity index (χ3n) is 5.49. The van der Waals surface area contributed by atoms with Crippen LogP contribution in [0.1, 0.15) is 28.4 Å². The zero-order chi connectivity index (χ0) is 20.4. The predicted molar refractivity (Wildman–Crippen MR) is 112 cm³/mol. The lowest BCUT2D eigenvalue weighted by molar-refractivity contribution is 0.0787. The van der Waals surface area contributed by atoms with Gasteiger partial charge in [0, 0.05) is 37.1 Å². The zero-order valence-corrected chi connectivity index (χ0v) is 17.2. The van der Waals surface area contributed by atoms with Gasteiger partial charge in [-0.3, -0.25) is 4.79 Å². The minimum atomic E-state index is 0.0134. The van der Waals surface area contributed by atoms with Crippen LogP contribution >= 0.6 is 0 Å². The molecular formula is C22H27N5O2. The van der Waals surface area contributed by atoms with Crippen LogP contribution < -0.4 is 4.74 Å². The van der Waals surface area contributed by atoms with E-state index in [0.29, 0.717) is 24.4 Å². The Labute approximate surface area is 170 Å².